The average Bonchev–Trinajstić information content (AvgIpc) is 2.65. The van der Waals surface area contributed by atoms with Crippen molar-refractivity contribution in [1.82, 2.24) is 9.88 Å². The van der Waals surface area contributed by atoms with Crippen molar-refractivity contribution in [2.24, 2.45) is 0 Å². The van der Waals surface area contributed by atoms with Crippen LogP contribution in [0.2, 0.25) is 0 Å². The van der Waals surface area contributed by atoms with Crippen LogP contribution in [-0.2, 0) is 6.54 Å². The van der Waals surface area contributed by atoms with Gasteiger partial charge in [-0.2, -0.15) is 0 Å². The van der Waals surface area contributed by atoms with E-state index in [1.165, 1.54) is 22.2 Å². The number of aromatic nitrogens is 1. The summed E-state index contributed by atoms with van der Waals surface area (Å²) in [5, 5.41) is 4.65. The smallest absolute Gasteiger partial charge is 0.0485 e. The number of rotatable bonds is 3. The Kier molecular flexibility index (Phi) is 3.01. The highest BCUT2D eigenvalue weighted by Crippen LogP contribution is 2.25. The summed E-state index contributed by atoms with van der Waals surface area (Å²) in [5.74, 6) is 0. The van der Waals surface area contributed by atoms with Crippen LogP contribution in [0.5, 0.6) is 0 Å². The van der Waals surface area contributed by atoms with Gasteiger partial charge in [0.25, 0.3) is 0 Å². The lowest BCUT2D eigenvalue weighted by atomic mass is 10.2. The number of hydrogen-bond donors (Lipinski definition) is 1. The molecule has 0 aliphatic heterocycles. The summed E-state index contributed by atoms with van der Waals surface area (Å²) in [5.41, 5.74) is 4.04. The summed E-state index contributed by atoms with van der Waals surface area (Å²) in [4.78, 5) is 0. The highest BCUT2D eigenvalue weighted by atomic mass is 15.0. The molecule has 1 unspecified atom stereocenters. The Morgan fingerprint density at radius 1 is 1.31 bits per heavy atom. The first-order valence-corrected chi connectivity index (χ1v) is 5.94. The summed E-state index contributed by atoms with van der Waals surface area (Å²) in [7, 11) is 2.01. The minimum atomic E-state index is 0.396. The molecule has 0 radical (unpaired) electrons. The Bertz CT molecular complexity index is 497. The van der Waals surface area contributed by atoms with E-state index < -0.39 is 0 Å². The first kappa shape index (κ1) is 11.2. The molecule has 1 aromatic heterocycles. The number of fused-ring (bicyclic) bond motifs is 1. The van der Waals surface area contributed by atoms with Crippen molar-refractivity contribution in [1.29, 1.82) is 0 Å². The van der Waals surface area contributed by atoms with Gasteiger partial charge in [-0.1, -0.05) is 12.1 Å². The van der Waals surface area contributed by atoms with Crippen molar-refractivity contribution in [3.8, 4) is 0 Å². The minimum Gasteiger partial charge on any atom is -0.343 e. The number of aryl methyl sites for hydroxylation is 2. The second kappa shape index (κ2) is 4.30. The molecular formula is C14H20N2. The molecule has 0 saturated heterocycles. The highest BCUT2D eigenvalue weighted by molar-refractivity contribution is 5.82. The largest absolute Gasteiger partial charge is 0.343 e. The van der Waals surface area contributed by atoms with E-state index in [4.69, 9.17) is 0 Å². The Hall–Kier alpha value is -1.28. The topological polar surface area (TPSA) is 17.0 Å². The Morgan fingerprint density at radius 3 is 2.69 bits per heavy atom. The molecular weight excluding hydrogens is 196 g/mol. The molecule has 2 aromatic rings. The van der Waals surface area contributed by atoms with Gasteiger partial charge in [0.05, 0.1) is 0 Å². The normalized spacial score (nSPS) is 13.2. The van der Waals surface area contributed by atoms with E-state index in [2.05, 4.69) is 54.9 Å². The fourth-order valence-corrected chi connectivity index (χ4v) is 2.25. The molecule has 2 heteroatoms. The molecule has 1 N–H and O–H groups in total. The molecule has 0 bridgehead atoms. The zero-order valence-corrected chi connectivity index (χ0v) is 10.5. The molecule has 86 valence electrons. The van der Waals surface area contributed by atoms with Gasteiger partial charge in [0.2, 0.25) is 0 Å². The Balaban J connectivity index is 2.66. The lowest BCUT2D eigenvalue weighted by molar-refractivity contribution is 0.589. The third-order valence-corrected chi connectivity index (χ3v) is 3.28. The van der Waals surface area contributed by atoms with E-state index >= 15 is 0 Å². The molecule has 16 heavy (non-hydrogen) atoms. The van der Waals surface area contributed by atoms with Crippen molar-refractivity contribution in [2.75, 3.05) is 7.05 Å². The molecule has 1 heterocycles. The molecule has 0 amide bonds. The SMILES string of the molecule is CCn1c(C(C)NC)cc2ccc(C)cc21. The van der Waals surface area contributed by atoms with Crippen molar-refractivity contribution < 1.29 is 0 Å². The van der Waals surface area contributed by atoms with Crippen LogP contribution in [0.3, 0.4) is 0 Å². The van der Waals surface area contributed by atoms with Crippen LogP contribution in [0.15, 0.2) is 24.3 Å². The van der Waals surface area contributed by atoms with Gasteiger partial charge in [0.15, 0.2) is 0 Å². The van der Waals surface area contributed by atoms with Crippen LogP contribution >= 0.6 is 0 Å². The van der Waals surface area contributed by atoms with Gasteiger partial charge in [-0.05, 0) is 50.9 Å². The maximum absolute atomic E-state index is 3.31. The summed E-state index contributed by atoms with van der Waals surface area (Å²) in [6.45, 7) is 7.57. The maximum Gasteiger partial charge on any atom is 0.0485 e. The van der Waals surface area contributed by atoms with Crippen molar-refractivity contribution in [3.63, 3.8) is 0 Å². The zero-order valence-electron chi connectivity index (χ0n) is 10.5. The second-order valence-corrected chi connectivity index (χ2v) is 4.39. The van der Waals surface area contributed by atoms with Gasteiger partial charge >= 0.3 is 0 Å². The van der Waals surface area contributed by atoms with E-state index in [1.807, 2.05) is 7.05 Å². The summed E-state index contributed by atoms with van der Waals surface area (Å²) in [6, 6.07) is 9.34. The highest BCUT2D eigenvalue weighted by Gasteiger charge is 2.11. The van der Waals surface area contributed by atoms with Gasteiger partial charge in [-0.25, -0.2) is 0 Å². The van der Waals surface area contributed by atoms with Crippen LogP contribution in [-0.4, -0.2) is 11.6 Å². The van der Waals surface area contributed by atoms with Gasteiger partial charge < -0.3 is 9.88 Å². The zero-order chi connectivity index (χ0) is 11.7. The lowest BCUT2D eigenvalue weighted by Crippen LogP contribution is -2.16. The Labute approximate surface area is 97.3 Å². The molecule has 1 aromatic carbocycles. The van der Waals surface area contributed by atoms with Crippen molar-refractivity contribution in [2.45, 2.75) is 33.4 Å². The molecule has 2 nitrogen and oxygen atoms in total. The molecule has 0 aliphatic rings. The van der Waals surface area contributed by atoms with Crippen LogP contribution in [0.1, 0.15) is 31.1 Å². The fraction of sp³-hybridized carbons (Fsp3) is 0.429. The van der Waals surface area contributed by atoms with Crippen molar-refractivity contribution in [3.05, 3.63) is 35.5 Å². The van der Waals surface area contributed by atoms with Crippen LogP contribution < -0.4 is 5.32 Å². The maximum atomic E-state index is 3.31. The predicted octanol–water partition coefficient (Wildman–Crippen LogP) is 3.25. The summed E-state index contributed by atoms with van der Waals surface area (Å²) < 4.78 is 2.39. The number of nitrogens with zero attached hydrogens (tertiary/aromatic N) is 1. The molecule has 1 atom stereocenters. The van der Waals surface area contributed by atoms with E-state index in [-0.39, 0.29) is 0 Å². The average molecular weight is 216 g/mol. The molecule has 2 rings (SSSR count). The van der Waals surface area contributed by atoms with Gasteiger partial charge in [-0.15, -0.1) is 0 Å². The first-order chi connectivity index (χ1) is 7.67. The molecule has 0 fully saturated rings. The fourth-order valence-electron chi connectivity index (χ4n) is 2.25. The number of hydrogen-bond acceptors (Lipinski definition) is 1. The van der Waals surface area contributed by atoms with Crippen molar-refractivity contribution >= 4 is 10.9 Å². The second-order valence-electron chi connectivity index (χ2n) is 4.39. The third-order valence-electron chi connectivity index (χ3n) is 3.28. The quantitative estimate of drug-likeness (QED) is 0.833. The number of benzene rings is 1. The first-order valence-electron chi connectivity index (χ1n) is 5.94. The molecule has 0 aliphatic carbocycles. The van der Waals surface area contributed by atoms with Crippen LogP contribution in [0.25, 0.3) is 10.9 Å². The van der Waals surface area contributed by atoms with Crippen LogP contribution in [0.4, 0.5) is 0 Å². The van der Waals surface area contributed by atoms with E-state index in [9.17, 15) is 0 Å². The predicted molar refractivity (Wildman–Crippen MR) is 69.8 cm³/mol. The lowest BCUT2D eigenvalue weighted by Gasteiger charge is -2.14. The van der Waals surface area contributed by atoms with Crippen LogP contribution in [0, 0.1) is 6.92 Å². The van der Waals surface area contributed by atoms with E-state index in [0.29, 0.717) is 6.04 Å². The molecule has 0 saturated carbocycles. The summed E-state index contributed by atoms with van der Waals surface area (Å²) >= 11 is 0. The monoisotopic (exact) mass is 216 g/mol. The van der Waals surface area contributed by atoms with E-state index in [1.54, 1.807) is 0 Å². The minimum absolute atomic E-state index is 0.396. The van der Waals surface area contributed by atoms with Gasteiger partial charge in [-0.3, -0.25) is 0 Å². The standard InChI is InChI=1S/C14H20N2/c1-5-16-13(11(3)15-4)9-12-7-6-10(2)8-14(12)16/h6-9,11,15H,5H2,1-4H3. The molecule has 0 spiro atoms. The summed E-state index contributed by atoms with van der Waals surface area (Å²) in [6.07, 6.45) is 0. The van der Waals surface area contributed by atoms with Gasteiger partial charge in [0.1, 0.15) is 0 Å². The van der Waals surface area contributed by atoms with Gasteiger partial charge in [0, 0.05) is 23.8 Å². The Morgan fingerprint density at radius 2 is 2.06 bits per heavy atom. The third kappa shape index (κ3) is 1.74. The number of nitrogens with one attached hydrogen (secondary N) is 1. The van der Waals surface area contributed by atoms with E-state index in [0.717, 1.165) is 6.54 Å².